The summed E-state index contributed by atoms with van der Waals surface area (Å²) >= 11 is 0. The third-order valence-corrected chi connectivity index (χ3v) is 5.73. The molecule has 0 aliphatic carbocycles. The summed E-state index contributed by atoms with van der Waals surface area (Å²) in [4.78, 5) is 40.1. The molecular formula is C19H26N4O4. The van der Waals surface area contributed by atoms with Crippen LogP contribution < -0.4 is 5.48 Å². The molecule has 0 radical (unpaired) electrons. The van der Waals surface area contributed by atoms with Crippen LogP contribution in [0.5, 0.6) is 0 Å². The number of nitrogens with zero attached hydrogens (tertiary/aromatic N) is 3. The van der Waals surface area contributed by atoms with Crippen molar-refractivity contribution in [2.45, 2.75) is 44.0 Å². The summed E-state index contributed by atoms with van der Waals surface area (Å²) in [6.45, 7) is 2.38. The zero-order valence-corrected chi connectivity index (χ0v) is 15.5. The highest BCUT2D eigenvalue weighted by atomic mass is 16.7. The molecule has 3 saturated heterocycles. The molecule has 3 fully saturated rings. The van der Waals surface area contributed by atoms with E-state index in [1.54, 1.807) is 4.90 Å². The number of hydroxylamine groups is 3. The van der Waals surface area contributed by atoms with Crippen LogP contribution in [0.25, 0.3) is 0 Å². The minimum Gasteiger partial charge on any atom is -0.309 e. The van der Waals surface area contributed by atoms with E-state index in [-0.39, 0.29) is 18.0 Å². The van der Waals surface area contributed by atoms with Gasteiger partial charge in [0.15, 0.2) is 0 Å². The van der Waals surface area contributed by atoms with Crippen LogP contribution in [0.1, 0.15) is 24.8 Å². The number of likely N-dealkylation sites (tertiary alicyclic amines) is 1. The topological polar surface area (TPSA) is 74.4 Å². The summed E-state index contributed by atoms with van der Waals surface area (Å²) in [6, 6.07) is 9.34. The highest BCUT2D eigenvalue weighted by Gasteiger charge is 2.48. The van der Waals surface area contributed by atoms with Crippen molar-refractivity contribution in [3.05, 3.63) is 35.9 Å². The van der Waals surface area contributed by atoms with Gasteiger partial charge in [-0.25, -0.2) is 10.3 Å². The number of nitrogens with one attached hydrogen (secondary N) is 1. The Balaban J connectivity index is 1.28. The lowest BCUT2D eigenvalue weighted by molar-refractivity contribution is -0.142. The summed E-state index contributed by atoms with van der Waals surface area (Å²) < 4.78 is 0. The molecule has 0 unspecified atom stereocenters. The maximum Gasteiger partial charge on any atom is 0.345 e. The SMILES string of the molecule is CN1CC[C@H]1CONC(=O)[C@@H]1CC[C@@H]2CN1C(=O)N2OCc1ccccc1. The van der Waals surface area contributed by atoms with Crippen molar-refractivity contribution < 1.29 is 19.3 Å². The van der Waals surface area contributed by atoms with Gasteiger partial charge in [0.25, 0.3) is 5.91 Å². The van der Waals surface area contributed by atoms with Crippen molar-refractivity contribution in [1.82, 2.24) is 20.3 Å². The molecule has 27 heavy (non-hydrogen) atoms. The van der Waals surface area contributed by atoms with Crippen LogP contribution in [0.3, 0.4) is 0 Å². The number of carbonyl (C=O) groups excluding carboxylic acids is 2. The maximum atomic E-state index is 12.7. The Hall–Kier alpha value is -2.16. The average molecular weight is 374 g/mol. The number of hydrogen-bond donors (Lipinski definition) is 1. The van der Waals surface area contributed by atoms with Gasteiger partial charge in [0.05, 0.1) is 12.6 Å². The van der Waals surface area contributed by atoms with Gasteiger partial charge in [-0.1, -0.05) is 30.3 Å². The Kier molecular flexibility index (Phi) is 5.29. The molecule has 1 N–H and O–H groups in total. The van der Waals surface area contributed by atoms with Crippen molar-refractivity contribution in [2.75, 3.05) is 26.7 Å². The second-order valence-electron chi connectivity index (χ2n) is 7.47. The first-order chi connectivity index (χ1) is 13.1. The van der Waals surface area contributed by atoms with Crippen molar-refractivity contribution >= 4 is 11.9 Å². The van der Waals surface area contributed by atoms with Crippen molar-refractivity contribution in [1.29, 1.82) is 0 Å². The molecule has 3 heterocycles. The fraction of sp³-hybridized carbons (Fsp3) is 0.579. The first-order valence-electron chi connectivity index (χ1n) is 9.52. The Bertz CT molecular complexity index is 686. The zero-order valence-electron chi connectivity index (χ0n) is 15.5. The Labute approximate surface area is 158 Å². The van der Waals surface area contributed by atoms with Gasteiger partial charge in [0, 0.05) is 12.6 Å². The van der Waals surface area contributed by atoms with Gasteiger partial charge in [0.2, 0.25) is 0 Å². The first kappa shape index (κ1) is 18.2. The molecule has 8 nitrogen and oxygen atoms in total. The van der Waals surface area contributed by atoms with Crippen molar-refractivity contribution in [3.63, 3.8) is 0 Å². The predicted octanol–water partition coefficient (Wildman–Crippen LogP) is 1.14. The fourth-order valence-corrected chi connectivity index (χ4v) is 3.85. The lowest BCUT2D eigenvalue weighted by atomic mass is 10.0. The van der Waals surface area contributed by atoms with Crippen molar-refractivity contribution in [2.24, 2.45) is 0 Å². The molecule has 4 rings (SSSR count). The molecule has 2 bridgehead atoms. The number of benzene rings is 1. The molecule has 146 valence electrons. The molecule has 0 spiro atoms. The molecule has 1 aromatic rings. The van der Waals surface area contributed by atoms with Crippen LogP contribution in [0.15, 0.2) is 30.3 Å². The summed E-state index contributed by atoms with van der Waals surface area (Å²) in [7, 11) is 2.04. The largest absolute Gasteiger partial charge is 0.345 e. The van der Waals surface area contributed by atoms with Crippen LogP contribution in [-0.2, 0) is 21.1 Å². The molecule has 3 aliphatic rings. The van der Waals surface area contributed by atoms with Crippen LogP contribution in [0.4, 0.5) is 4.79 Å². The van der Waals surface area contributed by atoms with Gasteiger partial charge in [-0.05, 0) is 38.4 Å². The van der Waals surface area contributed by atoms with E-state index >= 15 is 0 Å². The second kappa shape index (κ2) is 7.84. The van der Waals surface area contributed by atoms with Gasteiger partial charge in [-0.2, -0.15) is 5.06 Å². The maximum absolute atomic E-state index is 12.7. The van der Waals surface area contributed by atoms with E-state index in [9.17, 15) is 9.59 Å². The minimum absolute atomic E-state index is 0.00481. The van der Waals surface area contributed by atoms with E-state index in [1.807, 2.05) is 37.4 Å². The number of rotatable bonds is 7. The number of amides is 3. The van der Waals surface area contributed by atoms with Crippen LogP contribution in [0, 0.1) is 0 Å². The Morgan fingerprint density at radius 1 is 1.22 bits per heavy atom. The lowest BCUT2D eigenvalue weighted by Crippen LogP contribution is -2.52. The summed E-state index contributed by atoms with van der Waals surface area (Å²) in [5.74, 6) is -0.256. The van der Waals surface area contributed by atoms with Crippen LogP contribution in [0.2, 0.25) is 0 Å². The molecule has 1 aromatic carbocycles. The fourth-order valence-electron chi connectivity index (χ4n) is 3.85. The normalized spacial score (nSPS) is 27.6. The van der Waals surface area contributed by atoms with E-state index in [2.05, 4.69) is 10.4 Å². The molecule has 3 amide bonds. The number of hydrogen-bond acceptors (Lipinski definition) is 5. The van der Waals surface area contributed by atoms with E-state index in [4.69, 9.17) is 9.68 Å². The van der Waals surface area contributed by atoms with Gasteiger partial charge in [-0.15, -0.1) is 0 Å². The van der Waals surface area contributed by atoms with E-state index in [0.717, 1.165) is 24.9 Å². The third-order valence-electron chi connectivity index (χ3n) is 5.73. The van der Waals surface area contributed by atoms with E-state index in [1.165, 1.54) is 5.06 Å². The Morgan fingerprint density at radius 2 is 2.04 bits per heavy atom. The minimum atomic E-state index is -0.502. The highest BCUT2D eigenvalue weighted by Crippen LogP contribution is 2.30. The number of urea groups is 1. The number of likely N-dealkylation sites (N-methyl/N-ethyl adjacent to an activating group) is 1. The van der Waals surface area contributed by atoms with E-state index in [0.29, 0.717) is 32.2 Å². The second-order valence-corrected chi connectivity index (χ2v) is 7.47. The predicted molar refractivity (Wildman–Crippen MR) is 97.1 cm³/mol. The van der Waals surface area contributed by atoms with Crippen LogP contribution in [-0.4, -0.2) is 71.7 Å². The quantitative estimate of drug-likeness (QED) is 0.725. The summed E-state index contributed by atoms with van der Waals surface area (Å²) in [5.41, 5.74) is 3.53. The first-order valence-corrected chi connectivity index (χ1v) is 9.52. The third kappa shape index (κ3) is 3.78. The molecular weight excluding hydrogens is 348 g/mol. The average Bonchev–Trinajstić information content (AvgIpc) is 2.93. The van der Waals surface area contributed by atoms with Gasteiger partial charge in [-0.3, -0.25) is 14.5 Å². The molecule has 3 atom stereocenters. The van der Waals surface area contributed by atoms with Crippen LogP contribution >= 0.6 is 0 Å². The number of fused-ring (bicyclic) bond motifs is 2. The molecule has 3 aliphatic heterocycles. The standard InChI is InChI=1S/C19H26N4O4/c1-21-10-9-16(21)13-26-20-18(24)17-8-7-15-11-22(17)19(25)23(15)27-12-14-5-3-2-4-6-14/h2-6,15-17H,7-13H2,1H3,(H,20,24)/t15-,16+,17+/m1/s1. The molecule has 0 saturated carbocycles. The van der Waals surface area contributed by atoms with Gasteiger partial charge < -0.3 is 9.80 Å². The number of carbonyl (C=O) groups is 2. The monoisotopic (exact) mass is 374 g/mol. The smallest absolute Gasteiger partial charge is 0.309 e. The number of piperidine rings is 1. The summed E-state index contributed by atoms with van der Waals surface area (Å²) in [6.07, 6.45) is 2.43. The highest BCUT2D eigenvalue weighted by molar-refractivity contribution is 5.88. The van der Waals surface area contributed by atoms with Gasteiger partial charge >= 0.3 is 6.03 Å². The molecule has 0 aromatic heterocycles. The van der Waals surface area contributed by atoms with E-state index < -0.39 is 6.04 Å². The van der Waals surface area contributed by atoms with Gasteiger partial charge in [0.1, 0.15) is 12.6 Å². The van der Waals surface area contributed by atoms with Crippen molar-refractivity contribution in [3.8, 4) is 0 Å². The lowest BCUT2D eigenvalue weighted by Gasteiger charge is -2.37. The Morgan fingerprint density at radius 3 is 2.74 bits per heavy atom. The molecule has 8 heteroatoms. The summed E-state index contributed by atoms with van der Waals surface area (Å²) in [5, 5.41) is 1.43. The zero-order chi connectivity index (χ0) is 18.8.